The second-order valence-corrected chi connectivity index (χ2v) is 12.5. The zero-order chi connectivity index (χ0) is 17.2. The minimum atomic E-state index is -2.04. The molecule has 0 aliphatic carbocycles. The molecule has 1 unspecified atom stereocenters. The fourth-order valence-corrected chi connectivity index (χ4v) is 5.04. The fourth-order valence-electron chi connectivity index (χ4n) is 2.46. The number of halogens is 1. The molecule has 22 heavy (non-hydrogen) atoms. The molecule has 1 saturated heterocycles. The highest BCUT2D eigenvalue weighted by molar-refractivity contribution is 9.10. The largest absolute Gasteiger partial charge is 0.468 e. The van der Waals surface area contributed by atoms with E-state index in [-0.39, 0.29) is 6.10 Å². The lowest BCUT2D eigenvalue weighted by atomic mass is 10.00. The number of methoxy groups -OCH3 is 1. The molecule has 0 spiro atoms. The van der Waals surface area contributed by atoms with E-state index >= 15 is 0 Å². The molecule has 0 radical (unpaired) electrons. The lowest BCUT2D eigenvalue weighted by molar-refractivity contribution is -0.160. The summed E-state index contributed by atoms with van der Waals surface area (Å²) in [6, 6.07) is 0.782. The molecular weight excluding hydrogens is 368 g/mol. The van der Waals surface area contributed by atoms with Crippen molar-refractivity contribution < 1.29 is 23.4 Å². The average molecular weight is 395 g/mol. The van der Waals surface area contributed by atoms with Crippen LogP contribution in [0, 0.1) is 0 Å². The van der Waals surface area contributed by atoms with Gasteiger partial charge >= 0.3 is 5.97 Å². The molecule has 3 atom stereocenters. The number of rotatable bonds is 7. The number of allylic oxidation sites excluding steroid dienone is 1. The second kappa shape index (κ2) is 7.13. The number of hydrogen-bond acceptors (Lipinski definition) is 5. The first-order valence-corrected chi connectivity index (χ1v) is 11.2. The molecule has 5 nitrogen and oxygen atoms in total. The minimum Gasteiger partial charge on any atom is -0.468 e. The first-order chi connectivity index (χ1) is 9.95. The van der Waals surface area contributed by atoms with Crippen molar-refractivity contribution in [2.24, 2.45) is 0 Å². The topological polar surface area (TPSA) is 54.0 Å². The van der Waals surface area contributed by atoms with Gasteiger partial charge in [0.1, 0.15) is 10.4 Å². The maximum absolute atomic E-state index is 12.2. The van der Waals surface area contributed by atoms with E-state index in [4.69, 9.17) is 18.6 Å². The smallest absolute Gasteiger partial charge is 0.325 e. The van der Waals surface area contributed by atoms with E-state index in [1.165, 1.54) is 7.11 Å². The molecule has 0 saturated carbocycles. The number of carbonyl (C=O) groups excluding carboxylic acids is 1. The van der Waals surface area contributed by atoms with E-state index in [0.717, 1.165) is 6.04 Å². The van der Waals surface area contributed by atoms with Gasteiger partial charge in [0, 0.05) is 0 Å². The zero-order valence-corrected chi connectivity index (χ0v) is 16.9. The van der Waals surface area contributed by atoms with Gasteiger partial charge in [0.25, 0.3) is 0 Å². The van der Waals surface area contributed by atoms with Crippen LogP contribution in [0.15, 0.2) is 12.7 Å². The van der Waals surface area contributed by atoms with Gasteiger partial charge in [-0.3, -0.25) is 4.79 Å². The molecule has 7 heteroatoms. The van der Waals surface area contributed by atoms with Gasteiger partial charge in [-0.05, 0) is 39.9 Å². The summed E-state index contributed by atoms with van der Waals surface area (Å²) in [6.45, 7) is 13.8. The Labute approximate surface area is 142 Å². The van der Waals surface area contributed by atoms with Crippen LogP contribution in [0.25, 0.3) is 0 Å². The SMILES string of the molecule is C=CC[Si](C)(C)O[C@H]([C@H]1COC(C)(C)O1)C(C)(Br)C(=O)OC. The minimum absolute atomic E-state index is 0.352. The molecule has 1 heterocycles. The van der Waals surface area contributed by atoms with Crippen LogP contribution >= 0.6 is 15.9 Å². The normalized spacial score (nSPS) is 25.3. The molecule has 128 valence electrons. The summed E-state index contributed by atoms with van der Waals surface area (Å²) in [4.78, 5) is 12.2. The summed E-state index contributed by atoms with van der Waals surface area (Å²) in [6.07, 6.45) is 0.988. The van der Waals surface area contributed by atoms with Crippen LogP contribution in [0.3, 0.4) is 0 Å². The Kier molecular flexibility index (Phi) is 6.43. The van der Waals surface area contributed by atoms with Crippen molar-refractivity contribution in [1.82, 2.24) is 0 Å². The highest BCUT2D eigenvalue weighted by atomic mass is 79.9. The molecule has 0 bridgehead atoms. The molecule has 0 amide bonds. The van der Waals surface area contributed by atoms with Crippen molar-refractivity contribution in [1.29, 1.82) is 0 Å². The summed E-state index contributed by atoms with van der Waals surface area (Å²) in [5.74, 6) is -1.08. The van der Waals surface area contributed by atoms with Gasteiger partial charge < -0.3 is 18.6 Å². The average Bonchev–Trinajstić information content (AvgIpc) is 2.74. The molecule has 0 aromatic carbocycles. The van der Waals surface area contributed by atoms with Crippen LogP contribution in [0.4, 0.5) is 0 Å². The Hall–Kier alpha value is -0.213. The van der Waals surface area contributed by atoms with Crippen molar-refractivity contribution in [3.05, 3.63) is 12.7 Å². The van der Waals surface area contributed by atoms with Gasteiger partial charge in [0.2, 0.25) is 0 Å². The third-order valence-corrected chi connectivity index (χ3v) is 6.51. The zero-order valence-electron chi connectivity index (χ0n) is 14.3. The molecule has 1 rings (SSSR count). The fraction of sp³-hybridized carbons (Fsp3) is 0.800. The van der Waals surface area contributed by atoms with Crippen LogP contribution < -0.4 is 0 Å². The van der Waals surface area contributed by atoms with Crippen LogP contribution in [-0.4, -0.2) is 50.3 Å². The number of ether oxygens (including phenoxy) is 3. The monoisotopic (exact) mass is 394 g/mol. The van der Waals surface area contributed by atoms with Gasteiger partial charge in [-0.25, -0.2) is 0 Å². The molecule has 1 fully saturated rings. The van der Waals surface area contributed by atoms with Gasteiger partial charge in [-0.1, -0.05) is 22.0 Å². The summed E-state index contributed by atoms with van der Waals surface area (Å²) in [7, 11) is -0.678. The highest BCUT2D eigenvalue weighted by Gasteiger charge is 2.51. The number of carbonyl (C=O) groups is 1. The highest BCUT2D eigenvalue weighted by Crippen LogP contribution is 2.37. The van der Waals surface area contributed by atoms with Gasteiger partial charge in [0.05, 0.1) is 19.8 Å². The van der Waals surface area contributed by atoms with Crippen LogP contribution in [0.1, 0.15) is 20.8 Å². The Morgan fingerprint density at radius 3 is 2.59 bits per heavy atom. The van der Waals surface area contributed by atoms with Crippen molar-refractivity contribution >= 4 is 30.2 Å². The van der Waals surface area contributed by atoms with E-state index in [1.54, 1.807) is 6.92 Å². The number of alkyl halides is 1. The van der Waals surface area contributed by atoms with Crippen molar-refractivity contribution in [2.75, 3.05) is 13.7 Å². The number of hydrogen-bond donors (Lipinski definition) is 0. The Morgan fingerprint density at radius 2 is 2.18 bits per heavy atom. The third-order valence-electron chi connectivity index (χ3n) is 3.57. The van der Waals surface area contributed by atoms with Gasteiger partial charge in [-0.15, -0.1) is 6.58 Å². The van der Waals surface area contributed by atoms with Crippen molar-refractivity contribution in [2.45, 2.75) is 62.2 Å². The van der Waals surface area contributed by atoms with E-state index in [9.17, 15) is 4.79 Å². The molecule has 0 aromatic rings. The maximum atomic E-state index is 12.2. The Bertz CT molecular complexity index is 422. The second-order valence-electron chi connectivity index (χ2n) is 6.73. The third kappa shape index (κ3) is 4.89. The van der Waals surface area contributed by atoms with Crippen LogP contribution in [0.2, 0.25) is 19.1 Å². The molecule has 0 N–H and O–H groups in total. The summed E-state index contributed by atoms with van der Waals surface area (Å²) in [5.41, 5.74) is 0. The molecule has 0 aromatic heterocycles. The lowest BCUT2D eigenvalue weighted by Crippen LogP contribution is -2.55. The van der Waals surface area contributed by atoms with Crippen molar-refractivity contribution in [3.63, 3.8) is 0 Å². The van der Waals surface area contributed by atoms with Crippen LogP contribution in [0.5, 0.6) is 0 Å². The van der Waals surface area contributed by atoms with Gasteiger partial charge in [0.15, 0.2) is 14.1 Å². The summed E-state index contributed by atoms with van der Waals surface area (Å²) >= 11 is 3.49. The Balaban J connectivity index is 3.05. The molecule has 1 aliphatic rings. The van der Waals surface area contributed by atoms with E-state index in [0.29, 0.717) is 6.61 Å². The Morgan fingerprint density at radius 1 is 1.59 bits per heavy atom. The predicted molar refractivity (Wildman–Crippen MR) is 91.6 cm³/mol. The quantitative estimate of drug-likeness (QED) is 0.287. The van der Waals surface area contributed by atoms with E-state index < -0.39 is 30.5 Å². The standard InChI is InChI=1S/C15H27BrO5Si/c1-8-9-22(6,7)21-12(15(4,16)13(17)18-5)11-10-19-14(2,3)20-11/h8,11-12H,1,9-10H2,2-7H3/t11-,12-,15?/m1/s1. The van der Waals surface area contributed by atoms with E-state index in [2.05, 4.69) is 35.6 Å². The molecular formula is C15H27BrO5Si. The first kappa shape index (κ1) is 19.8. The predicted octanol–water partition coefficient (Wildman–Crippen LogP) is 3.24. The maximum Gasteiger partial charge on any atom is 0.325 e. The van der Waals surface area contributed by atoms with Crippen molar-refractivity contribution in [3.8, 4) is 0 Å². The summed E-state index contributed by atoms with van der Waals surface area (Å²) in [5, 5.41) is 0. The lowest BCUT2D eigenvalue weighted by Gasteiger charge is -2.38. The number of esters is 1. The van der Waals surface area contributed by atoms with E-state index in [1.807, 2.05) is 19.9 Å². The van der Waals surface area contributed by atoms with Gasteiger partial charge in [-0.2, -0.15) is 0 Å². The van der Waals surface area contributed by atoms with Crippen LogP contribution in [-0.2, 0) is 23.4 Å². The first-order valence-electron chi connectivity index (χ1n) is 7.33. The summed E-state index contributed by atoms with van der Waals surface area (Å²) < 4.78 is 21.8. The molecule has 1 aliphatic heterocycles.